The second-order valence-corrected chi connectivity index (χ2v) is 6.05. The summed E-state index contributed by atoms with van der Waals surface area (Å²) in [7, 11) is 13.2. The summed E-state index contributed by atoms with van der Waals surface area (Å²) in [6.07, 6.45) is 0. The molecule has 38 valence electrons. The summed E-state index contributed by atoms with van der Waals surface area (Å²) in [4.78, 5) is 0. The first-order valence-corrected chi connectivity index (χ1v) is 10.8. The molecule has 0 aromatic rings. The molecule has 0 fully saturated rings. The Balaban J connectivity index is 0. The fourth-order valence-corrected chi connectivity index (χ4v) is 0. The van der Waals surface area contributed by atoms with Gasteiger partial charge < -0.3 is 4.74 Å². The first kappa shape index (κ1) is 10.4. The van der Waals surface area contributed by atoms with Gasteiger partial charge >= 0.3 is 38.4 Å². The molecule has 0 rings (SSSR count). The molecular formula is C2H6Cl2OPb. The molecule has 1 nitrogen and oxygen atoms in total. The summed E-state index contributed by atoms with van der Waals surface area (Å²) in [6.45, 7) is 0. The van der Waals surface area contributed by atoms with Gasteiger partial charge in [0.2, 0.25) is 0 Å². The molecule has 0 heterocycles. The molecule has 0 aromatic heterocycles. The van der Waals surface area contributed by atoms with Crippen molar-refractivity contribution in [2.45, 2.75) is 0 Å². The summed E-state index contributed by atoms with van der Waals surface area (Å²) in [6, 6.07) is 0. The minimum atomic E-state index is -0.972. The fraction of sp³-hybridized carbons (Fsp3) is 1.00. The van der Waals surface area contributed by atoms with Gasteiger partial charge in [0.1, 0.15) is 0 Å². The maximum atomic E-state index is 4.96. The van der Waals surface area contributed by atoms with Crippen molar-refractivity contribution < 1.29 is 4.74 Å². The Morgan fingerprint density at radius 2 is 1.33 bits per heavy atom. The summed E-state index contributed by atoms with van der Waals surface area (Å²) in [5, 5.41) is 0. The zero-order chi connectivity index (χ0) is 5.41. The molecule has 0 saturated heterocycles. The molecule has 0 saturated carbocycles. The van der Waals surface area contributed by atoms with Gasteiger partial charge in [-0.1, -0.05) is 0 Å². The van der Waals surface area contributed by atoms with E-state index < -0.39 is 21.8 Å². The van der Waals surface area contributed by atoms with E-state index in [4.69, 9.17) is 16.6 Å². The van der Waals surface area contributed by atoms with Crippen LogP contribution < -0.4 is 0 Å². The zero-order valence-electron chi connectivity index (χ0n) is 3.66. The molecule has 0 aliphatic rings. The van der Waals surface area contributed by atoms with Crippen LogP contribution in [0.1, 0.15) is 0 Å². The third-order valence-corrected chi connectivity index (χ3v) is 0. The summed E-state index contributed by atoms with van der Waals surface area (Å²) in [5.41, 5.74) is 0. The third kappa shape index (κ3) is 50.9. The van der Waals surface area contributed by atoms with Gasteiger partial charge in [0.15, 0.2) is 0 Å². The van der Waals surface area contributed by atoms with Gasteiger partial charge in [0.05, 0.1) is 0 Å². The molecule has 2 radical (unpaired) electrons. The van der Waals surface area contributed by atoms with E-state index >= 15 is 0 Å². The van der Waals surface area contributed by atoms with Crippen molar-refractivity contribution in [1.82, 2.24) is 0 Å². The predicted molar refractivity (Wildman–Crippen MR) is 30.4 cm³/mol. The molecular weight excluding hydrogens is 318 g/mol. The number of halogens is 2. The standard InChI is InChI=1S/C2H6O.2ClH.Pb/c1-3-2;;;/h1-2H3;2*1H;/q;;;+2/p-2. The van der Waals surface area contributed by atoms with Gasteiger partial charge in [0, 0.05) is 14.2 Å². The molecule has 0 aromatic carbocycles. The summed E-state index contributed by atoms with van der Waals surface area (Å²) in [5.74, 6) is 0. The van der Waals surface area contributed by atoms with E-state index in [0.717, 1.165) is 0 Å². The Morgan fingerprint density at radius 3 is 1.33 bits per heavy atom. The van der Waals surface area contributed by atoms with Crippen LogP contribution >= 0.6 is 16.6 Å². The van der Waals surface area contributed by atoms with Gasteiger partial charge in [0.25, 0.3) is 0 Å². The van der Waals surface area contributed by atoms with Crippen molar-refractivity contribution in [1.29, 1.82) is 0 Å². The van der Waals surface area contributed by atoms with E-state index in [1.807, 2.05) is 0 Å². The molecule has 0 aliphatic carbocycles. The normalized spacial score (nSPS) is 6.00. The number of rotatable bonds is 0. The Morgan fingerprint density at radius 1 is 1.33 bits per heavy atom. The molecule has 0 N–H and O–H groups in total. The van der Waals surface area contributed by atoms with E-state index in [1.54, 1.807) is 14.2 Å². The van der Waals surface area contributed by atoms with Crippen LogP contribution in [0.5, 0.6) is 0 Å². The van der Waals surface area contributed by atoms with Crippen LogP contribution in [0.4, 0.5) is 0 Å². The minimum absolute atomic E-state index is 0.972. The Hall–Kier alpha value is 1.46. The van der Waals surface area contributed by atoms with Gasteiger partial charge in [-0.25, -0.2) is 0 Å². The van der Waals surface area contributed by atoms with E-state index in [2.05, 4.69) is 4.74 Å². The molecule has 0 bridgehead atoms. The molecule has 0 atom stereocenters. The molecule has 0 amide bonds. The van der Waals surface area contributed by atoms with E-state index in [1.165, 1.54) is 0 Å². The first-order valence-electron chi connectivity index (χ1n) is 1.19. The van der Waals surface area contributed by atoms with Gasteiger partial charge in [-0.2, -0.15) is 0 Å². The van der Waals surface area contributed by atoms with Crippen molar-refractivity contribution in [3.63, 3.8) is 0 Å². The molecule has 6 heavy (non-hydrogen) atoms. The second-order valence-electron chi connectivity index (χ2n) is 0.480. The quantitative estimate of drug-likeness (QED) is 0.610. The topological polar surface area (TPSA) is 9.23 Å². The van der Waals surface area contributed by atoms with Crippen LogP contribution in [0.3, 0.4) is 0 Å². The zero-order valence-corrected chi connectivity index (χ0v) is 9.06. The Kier molecular flexibility index (Phi) is 28.0. The number of ether oxygens (including phenoxy) is 1. The van der Waals surface area contributed by atoms with Crippen molar-refractivity contribution in [2.75, 3.05) is 14.2 Å². The number of methoxy groups -OCH3 is 1. The van der Waals surface area contributed by atoms with Gasteiger partial charge in [-0.05, 0) is 0 Å². The van der Waals surface area contributed by atoms with E-state index in [9.17, 15) is 0 Å². The molecule has 0 aliphatic heterocycles. The van der Waals surface area contributed by atoms with Crippen LogP contribution in [0.15, 0.2) is 0 Å². The van der Waals surface area contributed by atoms with Gasteiger partial charge in [-0.15, -0.1) is 0 Å². The molecule has 0 unspecified atom stereocenters. The van der Waals surface area contributed by atoms with Crippen LogP contribution in [-0.2, 0) is 4.74 Å². The average molecular weight is 324 g/mol. The predicted octanol–water partition coefficient (Wildman–Crippen LogP) is 1.26. The SMILES string of the molecule is COC.[Cl][Pb][Cl]. The number of hydrogen-bond acceptors (Lipinski definition) is 1. The average Bonchev–Trinajstić information content (AvgIpc) is 1.39. The monoisotopic (exact) mass is 324 g/mol. The Bertz CT molecular complexity index is 13.5. The van der Waals surface area contributed by atoms with Gasteiger partial charge in [-0.3, -0.25) is 0 Å². The summed E-state index contributed by atoms with van der Waals surface area (Å²) >= 11 is -0.972. The first-order chi connectivity index (χ1) is 2.83. The van der Waals surface area contributed by atoms with Crippen LogP contribution in [0.2, 0.25) is 0 Å². The summed E-state index contributed by atoms with van der Waals surface area (Å²) < 4.78 is 4.25. The molecule has 4 heteroatoms. The van der Waals surface area contributed by atoms with Crippen molar-refractivity contribution in [2.24, 2.45) is 0 Å². The van der Waals surface area contributed by atoms with Crippen LogP contribution in [0, 0.1) is 0 Å². The fourth-order valence-electron chi connectivity index (χ4n) is 0. The Labute approximate surface area is 57.1 Å². The number of hydrogen-bond donors (Lipinski definition) is 0. The van der Waals surface area contributed by atoms with Crippen molar-refractivity contribution in [3.8, 4) is 0 Å². The molecule has 0 spiro atoms. The van der Waals surface area contributed by atoms with E-state index in [0.29, 0.717) is 0 Å². The van der Waals surface area contributed by atoms with Crippen LogP contribution in [-0.4, -0.2) is 36.0 Å². The maximum absolute atomic E-state index is 4.96. The van der Waals surface area contributed by atoms with Crippen molar-refractivity contribution in [3.05, 3.63) is 0 Å². The van der Waals surface area contributed by atoms with Crippen LogP contribution in [0.25, 0.3) is 0 Å². The van der Waals surface area contributed by atoms with E-state index in [-0.39, 0.29) is 0 Å². The third-order valence-electron chi connectivity index (χ3n) is 0. The second kappa shape index (κ2) is 16.1. The van der Waals surface area contributed by atoms with Crippen molar-refractivity contribution >= 4 is 38.4 Å².